The van der Waals surface area contributed by atoms with Crippen molar-refractivity contribution in [2.45, 2.75) is 12.3 Å². The van der Waals surface area contributed by atoms with Crippen LogP contribution in [0.2, 0.25) is 0 Å². The second-order valence-electron chi connectivity index (χ2n) is 7.12. The van der Waals surface area contributed by atoms with Crippen molar-refractivity contribution >= 4 is 27.8 Å². The standard InChI is InChI=1S/C25H20N2O2/c28-25(29-17-8-2-1-3-9-17)14-20(21-15-26-23-12-6-4-10-18(21)23)22-16-27-24-13-7-5-11-19(22)24/h1-13,15-16,20,26-27H,14H2. The van der Waals surface area contributed by atoms with Gasteiger partial charge in [-0.25, -0.2) is 0 Å². The van der Waals surface area contributed by atoms with Crippen molar-refractivity contribution in [1.82, 2.24) is 9.97 Å². The molecule has 0 radical (unpaired) electrons. The number of rotatable bonds is 5. The van der Waals surface area contributed by atoms with E-state index in [9.17, 15) is 4.79 Å². The Labute approximate surface area is 168 Å². The minimum atomic E-state index is -0.253. The van der Waals surface area contributed by atoms with Crippen molar-refractivity contribution in [3.05, 3.63) is 102 Å². The Morgan fingerprint density at radius 1 is 0.724 bits per heavy atom. The normalized spacial score (nSPS) is 11.3. The van der Waals surface area contributed by atoms with Gasteiger partial charge in [-0.2, -0.15) is 0 Å². The van der Waals surface area contributed by atoms with E-state index in [1.165, 1.54) is 0 Å². The molecule has 0 spiro atoms. The number of fused-ring (bicyclic) bond motifs is 2. The number of benzene rings is 3. The first kappa shape index (κ1) is 17.3. The van der Waals surface area contributed by atoms with Gasteiger partial charge in [0.25, 0.3) is 0 Å². The molecule has 2 aromatic heterocycles. The largest absolute Gasteiger partial charge is 0.427 e. The van der Waals surface area contributed by atoms with Crippen molar-refractivity contribution in [1.29, 1.82) is 0 Å². The third kappa shape index (κ3) is 3.29. The summed E-state index contributed by atoms with van der Waals surface area (Å²) in [6.07, 6.45) is 4.26. The molecule has 5 rings (SSSR count). The highest BCUT2D eigenvalue weighted by molar-refractivity contribution is 5.89. The first-order valence-electron chi connectivity index (χ1n) is 9.67. The van der Waals surface area contributed by atoms with Gasteiger partial charge in [0, 0.05) is 40.1 Å². The fourth-order valence-electron chi connectivity index (χ4n) is 3.98. The van der Waals surface area contributed by atoms with Crippen LogP contribution in [-0.2, 0) is 4.79 Å². The van der Waals surface area contributed by atoms with E-state index >= 15 is 0 Å². The second-order valence-corrected chi connectivity index (χ2v) is 7.12. The van der Waals surface area contributed by atoms with E-state index in [4.69, 9.17) is 4.74 Å². The Hall–Kier alpha value is -3.79. The summed E-state index contributed by atoms with van der Waals surface area (Å²) in [7, 11) is 0. The quantitative estimate of drug-likeness (QED) is 0.300. The lowest BCUT2D eigenvalue weighted by molar-refractivity contribution is -0.134. The van der Waals surface area contributed by atoms with E-state index in [0.29, 0.717) is 5.75 Å². The average Bonchev–Trinajstić information content (AvgIpc) is 3.37. The Morgan fingerprint density at radius 3 is 1.83 bits per heavy atom. The van der Waals surface area contributed by atoms with Crippen LogP contribution in [0.4, 0.5) is 0 Å². The summed E-state index contributed by atoms with van der Waals surface area (Å²) >= 11 is 0. The third-order valence-electron chi connectivity index (χ3n) is 5.34. The highest BCUT2D eigenvalue weighted by Crippen LogP contribution is 2.37. The van der Waals surface area contributed by atoms with Gasteiger partial charge in [-0.05, 0) is 35.4 Å². The Morgan fingerprint density at radius 2 is 1.24 bits per heavy atom. The van der Waals surface area contributed by atoms with Crippen LogP contribution in [0.25, 0.3) is 21.8 Å². The van der Waals surface area contributed by atoms with Crippen molar-refractivity contribution in [3.63, 3.8) is 0 Å². The highest BCUT2D eigenvalue weighted by Gasteiger charge is 2.25. The number of aromatic nitrogens is 2. The number of hydrogen-bond donors (Lipinski definition) is 2. The maximum absolute atomic E-state index is 12.8. The molecule has 0 fully saturated rings. The van der Waals surface area contributed by atoms with Crippen LogP contribution in [0.5, 0.6) is 5.75 Å². The van der Waals surface area contributed by atoms with E-state index in [1.807, 2.05) is 67.0 Å². The zero-order valence-corrected chi connectivity index (χ0v) is 15.8. The summed E-state index contributed by atoms with van der Waals surface area (Å²) in [5, 5.41) is 2.24. The highest BCUT2D eigenvalue weighted by atomic mass is 16.5. The molecule has 0 aliphatic heterocycles. The van der Waals surface area contributed by atoms with Crippen LogP contribution >= 0.6 is 0 Å². The third-order valence-corrected chi connectivity index (χ3v) is 5.34. The lowest BCUT2D eigenvalue weighted by Gasteiger charge is -2.16. The topological polar surface area (TPSA) is 57.9 Å². The molecule has 2 N–H and O–H groups in total. The Bertz CT molecular complexity index is 1210. The van der Waals surface area contributed by atoms with E-state index in [-0.39, 0.29) is 18.3 Å². The van der Waals surface area contributed by atoms with Gasteiger partial charge in [-0.3, -0.25) is 4.79 Å². The molecule has 4 nitrogen and oxygen atoms in total. The summed E-state index contributed by atoms with van der Waals surface area (Å²) in [5.41, 5.74) is 4.30. The van der Waals surface area contributed by atoms with Gasteiger partial charge in [0.1, 0.15) is 5.75 Å². The number of para-hydroxylation sites is 3. The van der Waals surface area contributed by atoms with Gasteiger partial charge in [0.15, 0.2) is 0 Å². The van der Waals surface area contributed by atoms with Crippen LogP contribution in [-0.4, -0.2) is 15.9 Å². The SMILES string of the molecule is O=C(CC(c1c[nH]c2ccccc12)c1c[nH]c2ccccc12)Oc1ccccc1. The number of nitrogens with one attached hydrogen (secondary N) is 2. The molecule has 0 saturated carbocycles. The van der Waals surface area contributed by atoms with E-state index < -0.39 is 0 Å². The maximum Gasteiger partial charge on any atom is 0.312 e. The molecular formula is C25H20N2O2. The van der Waals surface area contributed by atoms with Gasteiger partial charge in [0.2, 0.25) is 0 Å². The Kier molecular flexibility index (Phi) is 4.37. The first-order chi connectivity index (χ1) is 14.3. The molecule has 0 atom stereocenters. The number of hydrogen-bond acceptors (Lipinski definition) is 2. The molecule has 29 heavy (non-hydrogen) atoms. The molecule has 142 valence electrons. The van der Waals surface area contributed by atoms with Crippen LogP contribution in [0.15, 0.2) is 91.3 Å². The molecule has 5 aromatic rings. The van der Waals surface area contributed by atoms with Crippen molar-refractivity contribution in [3.8, 4) is 5.75 Å². The second kappa shape index (κ2) is 7.32. The monoisotopic (exact) mass is 380 g/mol. The zero-order valence-electron chi connectivity index (χ0n) is 15.8. The summed E-state index contributed by atoms with van der Waals surface area (Å²) in [4.78, 5) is 19.5. The van der Waals surface area contributed by atoms with Crippen molar-refractivity contribution in [2.75, 3.05) is 0 Å². The summed E-state index contributed by atoms with van der Waals surface area (Å²) in [6, 6.07) is 25.5. The number of ether oxygens (including phenoxy) is 1. The molecule has 0 saturated heterocycles. The van der Waals surface area contributed by atoms with Crippen molar-refractivity contribution < 1.29 is 9.53 Å². The number of H-pyrrole nitrogens is 2. The van der Waals surface area contributed by atoms with Crippen LogP contribution in [0.3, 0.4) is 0 Å². The number of esters is 1. The molecule has 0 aliphatic rings. The van der Waals surface area contributed by atoms with Gasteiger partial charge in [-0.1, -0.05) is 54.6 Å². The van der Waals surface area contributed by atoms with Crippen LogP contribution in [0.1, 0.15) is 23.5 Å². The maximum atomic E-state index is 12.8. The predicted molar refractivity (Wildman–Crippen MR) is 115 cm³/mol. The van der Waals surface area contributed by atoms with Gasteiger partial charge in [0.05, 0.1) is 6.42 Å². The molecule has 0 amide bonds. The Balaban J connectivity index is 1.57. The predicted octanol–water partition coefficient (Wildman–Crippen LogP) is 5.78. The van der Waals surface area contributed by atoms with Crippen molar-refractivity contribution in [2.24, 2.45) is 0 Å². The minimum Gasteiger partial charge on any atom is -0.427 e. The number of aromatic amines is 2. The summed E-state index contributed by atoms with van der Waals surface area (Å²) in [6.45, 7) is 0. The molecule has 0 aliphatic carbocycles. The van der Waals surface area contributed by atoms with Gasteiger partial charge < -0.3 is 14.7 Å². The van der Waals surface area contributed by atoms with Gasteiger partial charge in [-0.15, -0.1) is 0 Å². The fourth-order valence-corrected chi connectivity index (χ4v) is 3.98. The van der Waals surface area contributed by atoms with E-state index in [1.54, 1.807) is 12.1 Å². The average molecular weight is 380 g/mol. The van der Waals surface area contributed by atoms with Crippen LogP contribution < -0.4 is 4.74 Å². The van der Waals surface area contributed by atoms with Gasteiger partial charge >= 0.3 is 5.97 Å². The molecule has 4 heteroatoms. The zero-order chi connectivity index (χ0) is 19.6. The molecule has 0 unspecified atom stereocenters. The lowest BCUT2D eigenvalue weighted by atomic mass is 9.88. The fraction of sp³-hybridized carbons (Fsp3) is 0.0800. The minimum absolute atomic E-state index is 0.126. The molecule has 2 heterocycles. The van der Waals surface area contributed by atoms with Crippen LogP contribution in [0, 0.1) is 0 Å². The van der Waals surface area contributed by atoms with E-state index in [2.05, 4.69) is 22.1 Å². The smallest absolute Gasteiger partial charge is 0.312 e. The number of carbonyl (C=O) groups excluding carboxylic acids is 1. The lowest BCUT2D eigenvalue weighted by Crippen LogP contribution is -2.14. The summed E-state index contributed by atoms with van der Waals surface area (Å²) < 4.78 is 5.61. The number of carbonyl (C=O) groups is 1. The molecule has 3 aromatic carbocycles. The molecular weight excluding hydrogens is 360 g/mol. The summed E-state index contributed by atoms with van der Waals surface area (Å²) in [5.74, 6) is 0.185. The van der Waals surface area contributed by atoms with E-state index in [0.717, 1.165) is 32.9 Å². The first-order valence-corrected chi connectivity index (χ1v) is 9.67. The molecule has 0 bridgehead atoms.